The minimum atomic E-state index is -4.43. The number of para-hydroxylation sites is 1. The number of halogens is 4. The predicted molar refractivity (Wildman–Crippen MR) is 129 cm³/mol. The SMILES string of the molecule is COc1c(F)cccc1Nc1c(-c2ccnc3[nH]ccc23)[nH]c2c1C(=O)NC[C@]21CN[C@@H](C(F)(F)F)C1. The number of pyridine rings is 1. The van der Waals surface area contributed by atoms with Gasteiger partial charge in [0.1, 0.15) is 11.7 Å². The van der Waals surface area contributed by atoms with Crippen molar-refractivity contribution in [3.05, 3.63) is 59.8 Å². The van der Waals surface area contributed by atoms with Crippen LogP contribution in [0.15, 0.2) is 42.7 Å². The van der Waals surface area contributed by atoms with Crippen LogP contribution in [-0.2, 0) is 5.41 Å². The largest absolute Gasteiger partial charge is 0.492 e. The van der Waals surface area contributed by atoms with E-state index in [1.54, 1.807) is 24.5 Å². The molecule has 1 saturated heterocycles. The Hall–Kier alpha value is -4.06. The Bertz CT molecular complexity index is 1530. The molecule has 4 aromatic rings. The van der Waals surface area contributed by atoms with Crippen molar-refractivity contribution in [2.24, 2.45) is 0 Å². The van der Waals surface area contributed by atoms with E-state index in [1.165, 1.54) is 19.2 Å². The molecule has 1 amide bonds. The Morgan fingerprint density at radius 3 is 2.78 bits per heavy atom. The number of amides is 1. The first-order valence-corrected chi connectivity index (χ1v) is 11.6. The lowest BCUT2D eigenvalue weighted by Gasteiger charge is -2.33. The summed E-state index contributed by atoms with van der Waals surface area (Å²) in [7, 11) is 1.33. The van der Waals surface area contributed by atoms with Crippen molar-refractivity contribution >= 4 is 28.3 Å². The average Bonchev–Trinajstić information content (AvgIpc) is 3.59. The van der Waals surface area contributed by atoms with E-state index in [-0.39, 0.29) is 36.5 Å². The molecule has 0 bridgehead atoms. The number of hydrogen-bond acceptors (Lipinski definition) is 5. The van der Waals surface area contributed by atoms with Gasteiger partial charge in [0.05, 0.1) is 29.7 Å². The van der Waals surface area contributed by atoms with Crippen molar-refractivity contribution in [1.82, 2.24) is 25.6 Å². The molecule has 0 unspecified atom stereocenters. The van der Waals surface area contributed by atoms with Crippen molar-refractivity contribution in [1.29, 1.82) is 0 Å². The Morgan fingerprint density at radius 1 is 1.19 bits per heavy atom. The van der Waals surface area contributed by atoms with Gasteiger partial charge in [-0.2, -0.15) is 13.2 Å². The fraction of sp³-hybridized carbons (Fsp3) is 0.280. The minimum Gasteiger partial charge on any atom is -0.492 e. The summed E-state index contributed by atoms with van der Waals surface area (Å²) in [4.78, 5) is 23.9. The summed E-state index contributed by atoms with van der Waals surface area (Å²) < 4.78 is 60.6. The highest BCUT2D eigenvalue weighted by Gasteiger charge is 2.54. The van der Waals surface area contributed by atoms with E-state index in [1.807, 2.05) is 6.07 Å². The number of fused-ring (bicyclic) bond motifs is 3. The molecular formula is C25H22F4N6O2. The highest BCUT2D eigenvalue weighted by Crippen LogP contribution is 2.48. The maximum absolute atomic E-state index is 14.5. The van der Waals surface area contributed by atoms with Gasteiger partial charge in [0.25, 0.3) is 5.91 Å². The zero-order chi connectivity index (χ0) is 25.9. The number of benzene rings is 1. The van der Waals surface area contributed by atoms with Crippen LogP contribution in [0.25, 0.3) is 22.3 Å². The second kappa shape index (κ2) is 8.23. The van der Waals surface area contributed by atoms with Crippen LogP contribution in [0.5, 0.6) is 5.75 Å². The first kappa shape index (κ1) is 23.3. The van der Waals surface area contributed by atoms with E-state index in [2.05, 4.69) is 30.9 Å². The van der Waals surface area contributed by atoms with Crippen molar-refractivity contribution in [3.8, 4) is 17.0 Å². The molecule has 2 aliphatic rings. The van der Waals surface area contributed by atoms with Crippen LogP contribution in [0.2, 0.25) is 0 Å². The van der Waals surface area contributed by atoms with E-state index in [4.69, 9.17) is 4.74 Å². The van der Waals surface area contributed by atoms with Gasteiger partial charge in [0, 0.05) is 47.5 Å². The summed E-state index contributed by atoms with van der Waals surface area (Å²) in [6, 6.07) is 6.18. The van der Waals surface area contributed by atoms with Crippen LogP contribution >= 0.6 is 0 Å². The van der Waals surface area contributed by atoms with Crippen LogP contribution in [0.3, 0.4) is 0 Å². The molecule has 2 aliphatic heterocycles. The number of ether oxygens (including phenoxy) is 1. The molecule has 0 aliphatic carbocycles. The maximum atomic E-state index is 14.5. The summed E-state index contributed by atoms with van der Waals surface area (Å²) in [6.07, 6.45) is -1.37. The lowest BCUT2D eigenvalue weighted by molar-refractivity contribution is -0.152. The molecule has 1 fully saturated rings. The minimum absolute atomic E-state index is 0.0169. The summed E-state index contributed by atoms with van der Waals surface area (Å²) in [5.74, 6) is -1.12. The van der Waals surface area contributed by atoms with Crippen LogP contribution in [0.1, 0.15) is 22.5 Å². The zero-order valence-corrected chi connectivity index (χ0v) is 19.5. The standard InChI is InChI=1S/C25H22F4N6O2/c1-37-20-14(26)3-2-4-15(20)34-19-17-21(35-18(19)12-5-7-30-22-13(12)6-8-31-22)24(11-33-23(17)36)9-16(32-10-24)25(27,28)29/h2-8,16,32,34-35H,9-11H2,1H3,(H,30,31)(H,33,36)/t16-,24+/m1/s1. The third kappa shape index (κ3) is 3.62. The van der Waals surface area contributed by atoms with E-state index in [0.29, 0.717) is 28.3 Å². The fourth-order valence-electron chi connectivity index (χ4n) is 5.42. The number of aromatic nitrogens is 3. The molecule has 6 rings (SSSR count). The molecule has 0 saturated carbocycles. The molecular weight excluding hydrogens is 492 g/mol. The zero-order valence-electron chi connectivity index (χ0n) is 19.5. The number of H-pyrrole nitrogens is 2. The number of nitrogens with zero attached hydrogens (tertiary/aromatic N) is 1. The highest BCUT2D eigenvalue weighted by atomic mass is 19.4. The summed E-state index contributed by atoms with van der Waals surface area (Å²) >= 11 is 0. The first-order valence-electron chi connectivity index (χ1n) is 11.6. The molecule has 8 nitrogen and oxygen atoms in total. The molecule has 0 radical (unpaired) electrons. The van der Waals surface area contributed by atoms with Gasteiger partial charge in [-0.25, -0.2) is 9.37 Å². The van der Waals surface area contributed by atoms with E-state index < -0.39 is 29.4 Å². The Labute approximate surface area is 207 Å². The van der Waals surface area contributed by atoms with E-state index >= 15 is 0 Å². The summed E-state index contributed by atoms with van der Waals surface area (Å²) in [5.41, 5.74) is 1.85. The number of methoxy groups -OCH3 is 1. The van der Waals surface area contributed by atoms with Crippen LogP contribution in [-0.4, -0.2) is 53.3 Å². The van der Waals surface area contributed by atoms with Gasteiger partial charge in [-0.15, -0.1) is 0 Å². The number of anilines is 2. The molecule has 5 heterocycles. The monoisotopic (exact) mass is 514 g/mol. The summed E-state index contributed by atoms with van der Waals surface area (Å²) in [5, 5.41) is 9.24. The maximum Gasteiger partial charge on any atom is 0.403 e. The van der Waals surface area contributed by atoms with Crippen molar-refractivity contribution in [2.45, 2.75) is 24.1 Å². The molecule has 12 heteroatoms. The highest BCUT2D eigenvalue weighted by molar-refractivity contribution is 6.09. The normalized spacial score (nSPS) is 21.3. The lowest BCUT2D eigenvalue weighted by Crippen LogP contribution is -2.48. The summed E-state index contributed by atoms with van der Waals surface area (Å²) in [6.45, 7) is 0.0556. The first-order chi connectivity index (χ1) is 17.7. The van der Waals surface area contributed by atoms with Gasteiger partial charge < -0.3 is 30.7 Å². The lowest BCUT2D eigenvalue weighted by atomic mass is 9.77. The van der Waals surface area contributed by atoms with E-state index in [9.17, 15) is 22.4 Å². The second-order valence-corrected chi connectivity index (χ2v) is 9.31. The van der Waals surface area contributed by atoms with Gasteiger partial charge >= 0.3 is 6.18 Å². The average molecular weight is 514 g/mol. The number of carbonyl (C=O) groups excluding carboxylic acids is 1. The van der Waals surface area contributed by atoms with Crippen LogP contribution < -0.4 is 20.7 Å². The number of hydrogen-bond donors (Lipinski definition) is 5. The number of nitrogens with one attached hydrogen (secondary N) is 5. The van der Waals surface area contributed by atoms with Gasteiger partial charge in [0.2, 0.25) is 0 Å². The van der Waals surface area contributed by atoms with Gasteiger partial charge in [-0.3, -0.25) is 4.79 Å². The number of rotatable bonds is 4. The number of alkyl halides is 3. The van der Waals surface area contributed by atoms with Crippen molar-refractivity contribution in [3.63, 3.8) is 0 Å². The third-order valence-corrected chi connectivity index (χ3v) is 7.18. The quantitative estimate of drug-likeness (QED) is 0.260. The van der Waals surface area contributed by atoms with Crippen LogP contribution in [0.4, 0.5) is 28.9 Å². The Balaban J connectivity index is 1.58. The fourth-order valence-corrected chi connectivity index (χ4v) is 5.42. The van der Waals surface area contributed by atoms with Crippen molar-refractivity contribution in [2.75, 3.05) is 25.5 Å². The topological polar surface area (TPSA) is 107 Å². The number of aromatic amines is 2. The van der Waals surface area contributed by atoms with Gasteiger partial charge in [0.15, 0.2) is 11.6 Å². The number of carbonyl (C=O) groups is 1. The Morgan fingerprint density at radius 2 is 2.03 bits per heavy atom. The Kier molecular flexibility index (Phi) is 5.19. The van der Waals surface area contributed by atoms with Crippen LogP contribution in [0, 0.1) is 5.82 Å². The molecule has 3 aromatic heterocycles. The molecule has 2 atom stereocenters. The van der Waals surface area contributed by atoms with Gasteiger partial charge in [-0.1, -0.05) is 6.07 Å². The molecule has 1 aromatic carbocycles. The third-order valence-electron chi connectivity index (χ3n) is 7.18. The van der Waals surface area contributed by atoms with E-state index in [0.717, 1.165) is 5.39 Å². The van der Waals surface area contributed by atoms with Gasteiger partial charge in [-0.05, 0) is 30.7 Å². The predicted octanol–water partition coefficient (Wildman–Crippen LogP) is 4.35. The molecule has 37 heavy (non-hydrogen) atoms. The second-order valence-electron chi connectivity index (χ2n) is 9.31. The molecule has 1 spiro atoms. The van der Waals surface area contributed by atoms with Crippen molar-refractivity contribution < 1.29 is 27.1 Å². The molecule has 5 N–H and O–H groups in total. The smallest absolute Gasteiger partial charge is 0.403 e. The molecule has 192 valence electrons.